The molecule has 4 atom stereocenters. The van der Waals surface area contributed by atoms with E-state index in [4.69, 9.17) is 14.2 Å². The van der Waals surface area contributed by atoms with E-state index in [0.29, 0.717) is 12.3 Å². The first kappa shape index (κ1) is 35.4. The van der Waals surface area contributed by atoms with Crippen LogP contribution in [0, 0.1) is 5.92 Å². The van der Waals surface area contributed by atoms with E-state index in [-0.39, 0.29) is 61.7 Å². The fourth-order valence-corrected chi connectivity index (χ4v) is 11.9. The van der Waals surface area contributed by atoms with Gasteiger partial charge < -0.3 is 24.2 Å². The van der Waals surface area contributed by atoms with Crippen LogP contribution in [0.3, 0.4) is 0 Å². The summed E-state index contributed by atoms with van der Waals surface area (Å²) in [6.45, 7) is 7.72. The average molecular weight is 693 g/mol. The van der Waals surface area contributed by atoms with Gasteiger partial charge in [-0.15, -0.1) is 0 Å². The Morgan fingerprint density at radius 1 is 0.920 bits per heavy atom. The van der Waals surface area contributed by atoms with Crippen LogP contribution in [-0.4, -0.2) is 69.0 Å². The predicted octanol–water partition coefficient (Wildman–Crippen LogP) is 6.49. The van der Waals surface area contributed by atoms with Crippen molar-refractivity contribution in [3.63, 3.8) is 0 Å². The number of aryl methyl sites for hydroxylation is 1. The minimum Gasteiger partial charge on any atom is -0.497 e. The highest BCUT2D eigenvalue weighted by Gasteiger charge is 2.51. The quantitative estimate of drug-likeness (QED) is 0.161. The lowest BCUT2D eigenvalue weighted by Crippen LogP contribution is -2.51. The van der Waals surface area contributed by atoms with Crippen LogP contribution in [0.1, 0.15) is 30.9 Å². The Labute approximate surface area is 296 Å². The number of ether oxygens (including phenoxy) is 3. The van der Waals surface area contributed by atoms with Crippen LogP contribution in [0.15, 0.2) is 103 Å². The first-order chi connectivity index (χ1) is 24.2. The van der Waals surface area contributed by atoms with E-state index in [2.05, 4.69) is 44.3 Å². The van der Waals surface area contributed by atoms with Gasteiger partial charge >= 0.3 is 0 Å². The van der Waals surface area contributed by atoms with Gasteiger partial charge in [-0.25, -0.2) is 0 Å². The lowest BCUT2D eigenvalue weighted by atomic mass is 9.95. The Kier molecular flexibility index (Phi) is 11.1. The van der Waals surface area contributed by atoms with E-state index in [9.17, 15) is 14.7 Å². The molecule has 0 aromatic heterocycles. The van der Waals surface area contributed by atoms with Gasteiger partial charge in [0.15, 0.2) is 6.61 Å². The summed E-state index contributed by atoms with van der Waals surface area (Å²) >= 11 is 0. The molecule has 4 aromatic rings. The number of benzene rings is 4. The van der Waals surface area contributed by atoms with Gasteiger partial charge in [0.25, 0.3) is 5.91 Å². The second kappa shape index (κ2) is 15.6. The zero-order valence-corrected chi connectivity index (χ0v) is 30.5. The van der Waals surface area contributed by atoms with Gasteiger partial charge in [0.05, 0.1) is 46.1 Å². The molecule has 0 radical (unpaired) electrons. The van der Waals surface area contributed by atoms with Crippen LogP contribution in [-0.2, 0) is 27.3 Å². The molecule has 50 heavy (non-hydrogen) atoms. The normalized spacial score (nSPS) is 20.3. The first-order valence-electron chi connectivity index (χ1n) is 17.6. The van der Waals surface area contributed by atoms with Crippen molar-refractivity contribution < 1.29 is 28.9 Å². The number of methoxy groups -OCH3 is 1. The summed E-state index contributed by atoms with van der Waals surface area (Å²) in [5, 5.41) is 11.2. The van der Waals surface area contributed by atoms with Gasteiger partial charge in [-0.05, 0) is 71.8 Å². The molecule has 1 fully saturated rings. The molecular weight excluding hydrogens is 645 g/mol. The van der Waals surface area contributed by atoms with Crippen molar-refractivity contribution >= 4 is 36.4 Å². The zero-order valence-electron chi connectivity index (χ0n) is 29.5. The number of para-hydroxylation sites is 2. The SMILES string of the molecule is COc1ccc([Si](C)(C)[C@H]2[C@H](C)[C@H](CCc3ccc(N4C(=O)COc5ccccc54)cc3)O[C@@H]2CC(=O)N(CCO)Cc2ccccc2)cc1. The molecule has 2 amide bonds. The Balaban J connectivity index is 1.20. The van der Waals surface area contributed by atoms with Crippen LogP contribution in [0.4, 0.5) is 11.4 Å². The number of anilines is 2. The molecule has 2 heterocycles. The number of amides is 2. The van der Waals surface area contributed by atoms with Crippen LogP contribution >= 0.6 is 0 Å². The van der Waals surface area contributed by atoms with Gasteiger partial charge in [0, 0.05) is 18.8 Å². The monoisotopic (exact) mass is 692 g/mol. The Hall–Kier alpha value is -4.44. The molecule has 2 aliphatic heterocycles. The topological polar surface area (TPSA) is 88.5 Å². The Morgan fingerprint density at radius 2 is 1.62 bits per heavy atom. The number of fused-ring (bicyclic) bond motifs is 1. The number of hydrogen-bond donors (Lipinski definition) is 1. The third-order valence-electron chi connectivity index (χ3n) is 10.5. The molecule has 2 aliphatic rings. The van der Waals surface area contributed by atoms with Crippen molar-refractivity contribution in [1.29, 1.82) is 0 Å². The summed E-state index contributed by atoms with van der Waals surface area (Å²) in [7, 11) is -0.484. The summed E-state index contributed by atoms with van der Waals surface area (Å²) < 4.78 is 18.0. The lowest BCUT2D eigenvalue weighted by Gasteiger charge is -2.36. The second-order valence-corrected chi connectivity index (χ2v) is 18.7. The molecule has 0 bridgehead atoms. The molecule has 6 rings (SSSR count). The number of aliphatic hydroxyl groups is 1. The average Bonchev–Trinajstić information content (AvgIpc) is 3.45. The zero-order chi connectivity index (χ0) is 35.3. The number of carbonyl (C=O) groups excluding carboxylic acids is 2. The smallest absolute Gasteiger partial charge is 0.269 e. The third kappa shape index (κ3) is 7.65. The highest BCUT2D eigenvalue weighted by atomic mass is 28.3. The molecule has 1 saturated heterocycles. The standard InChI is InChI=1S/C41H48N2O6Si/c1-29-36(23-16-30-14-17-32(18-15-30)43-35-12-8-9-13-37(35)48-28-40(43)46)49-38(41(29)50(3,4)34-21-19-33(47-2)20-22-34)26-39(45)42(24-25-44)27-31-10-6-5-7-11-31/h5-15,17-22,29,36,38,41,44H,16,23-28H2,1-4H3/t29-,36+,38-,41+/m1/s1. The van der Waals surface area contributed by atoms with Gasteiger partial charge in [-0.1, -0.05) is 91.9 Å². The number of hydrogen-bond acceptors (Lipinski definition) is 6. The summed E-state index contributed by atoms with van der Waals surface area (Å²) in [4.78, 5) is 30.3. The van der Waals surface area contributed by atoms with E-state index < -0.39 is 8.07 Å². The van der Waals surface area contributed by atoms with Gasteiger partial charge in [-0.2, -0.15) is 0 Å². The fraction of sp³-hybridized carbons (Fsp3) is 0.366. The summed E-state index contributed by atoms with van der Waals surface area (Å²) in [6, 6.07) is 34.1. The highest BCUT2D eigenvalue weighted by molar-refractivity contribution is 6.91. The van der Waals surface area contributed by atoms with Crippen molar-refractivity contribution in [2.24, 2.45) is 5.92 Å². The first-order valence-corrected chi connectivity index (χ1v) is 20.6. The predicted molar refractivity (Wildman–Crippen MR) is 199 cm³/mol. The molecular formula is C41H48N2O6Si. The minimum absolute atomic E-state index is 0.0000983. The largest absolute Gasteiger partial charge is 0.497 e. The number of rotatable bonds is 13. The van der Waals surface area contributed by atoms with E-state index in [0.717, 1.165) is 35.5 Å². The Morgan fingerprint density at radius 3 is 2.32 bits per heavy atom. The maximum atomic E-state index is 13.9. The van der Waals surface area contributed by atoms with Crippen LogP contribution < -0.4 is 19.6 Å². The van der Waals surface area contributed by atoms with Crippen LogP contribution in [0.5, 0.6) is 11.5 Å². The Bertz CT molecular complexity index is 1750. The summed E-state index contributed by atoms with van der Waals surface area (Å²) in [5.41, 5.74) is 3.96. The van der Waals surface area contributed by atoms with Crippen LogP contribution in [0.2, 0.25) is 18.6 Å². The van der Waals surface area contributed by atoms with E-state index in [1.807, 2.05) is 78.9 Å². The second-order valence-electron chi connectivity index (χ2n) is 14.0. The maximum absolute atomic E-state index is 13.9. The molecule has 0 unspecified atom stereocenters. The van der Waals surface area contributed by atoms with Gasteiger partial charge in [0.2, 0.25) is 5.91 Å². The molecule has 0 aliphatic carbocycles. The summed E-state index contributed by atoms with van der Waals surface area (Å²) in [6.07, 6.45) is 1.65. The van der Waals surface area contributed by atoms with Gasteiger partial charge in [-0.3, -0.25) is 14.5 Å². The van der Waals surface area contributed by atoms with Crippen molar-refractivity contribution in [3.05, 3.63) is 114 Å². The van der Waals surface area contributed by atoms with Crippen molar-refractivity contribution in [3.8, 4) is 11.5 Å². The number of nitrogens with zero attached hydrogens (tertiary/aromatic N) is 2. The molecule has 9 heteroatoms. The molecule has 8 nitrogen and oxygen atoms in total. The van der Waals surface area contributed by atoms with E-state index >= 15 is 0 Å². The van der Waals surface area contributed by atoms with E-state index in [1.54, 1.807) is 16.9 Å². The molecule has 1 N–H and O–H groups in total. The summed E-state index contributed by atoms with van der Waals surface area (Å²) in [5.74, 6) is 1.67. The molecule has 262 valence electrons. The van der Waals surface area contributed by atoms with E-state index in [1.165, 1.54) is 10.8 Å². The maximum Gasteiger partial charge on any atom is 0.269 e. The number of carbonyl (C=O) groups is 2. The molecule has 0 saturated carbocycles. The van der Waals surface area contributed by atoms with Gasteiger partial charge in [0.1, 0.15) is 11.5 Å². The fourth-order valence-electron chi connectivity index (χ4n) is 7.87. The van der Waals surface area contributed by atoms with Crippen molar-refractivity contribution in [2.75, 3.05) is 31.8 Å². The van der Waals surface area contributed by atoms with Crippen molar-refractivity contribution in [1.82, 2.24) is 4.90 Å². The molecule has 4 aromatic carbocycles. The third-order valence-corrected chi connectivity index (χ3v) is 14.9. The highest BCUT2D eigenvalue weighted by Crippen LogP contribution is 2.47. The van der Waals surface area contributed by atoms with Crippen LogP contribution in [0.25, 0.3) is 0 Å². The molecule has 0 spiro atoms. The number of aliphatic hydroxyl groups excluding tert-OH is 1. The lowest BCUT2D eigenvalue weighted by molar-refractivity contribution is -0.135. The minimum atomic E-state index is -2.16. The van der Waals surface area contributed by atoms with Crippen molar-refractivity contribution in [2.45, 2.75) is 63.6 Å².